The Labute approximate surface area is 217 Å². The van der Waals surface area contributed by atoms with Crippen LogP contribution in [0.25, 0.3) is 0 Å². The van der Waals surface area contributed by atoms with Gasteiger partial charge in [0, 0.05) is 18.7 Å². The standard InChI is InChI=1S/C17H19N5O10S.Na/c1-8(23)30-6-16(20-12(25)11(21-29-2)9-5-33-15(18)19-9)7-31-22(13(16)26)17(14(27)28)4-3-10(24)32-17;/h5H,3-4,6-7H2,1-2H3,(H2,18,19)(H,20,25)(H,27,28);/q;+1/p-1/b21-11-;. The number of cyclic esters (lactones) is 1. The van der Waals surface area contributed by atoms with E-state index >= 15 is 0 Å². The van der Waals surface area contributed by atoms with E-state index < -0.39 is 60.6 Å². The minimum atomic E-state index is -2.55. The predicted octanol–water partition coefficient (Wildman–Crippen LogP) is -5.95. The molecule has 0 aromatic carbocycles. The van der Waals surface area contributed by atoms with Gasteiger partial charge in [-0.05, 0) is 0 Å². The number of anilines is 1. The quantitative estimate of drug-likeness (QED) is 0.146. The Bertz CT molecular complexity index is 1050. The molecule has 17 heteroatoms. The van der Waals surface area contributed by atoms with Crippen LogP contribution in [-0.2, 0) is 43.1 Å². The van der Waals surface area contributed by atoms with Gasteiger partial charge in [0.1, 0.15) is 32.0 Å². The molecule has 2 amide bonds. The zero-order valence-electron chi connectivity index (χ0n) is 18.3. The van der Waals surface area contributed by atoms with Crippen molar-refractivity contribution in [2.45, 2.75) is 31.0 Å². The fourth-order valence-electron chi connectivity index (χ4n) is 3.11. The summed E-state index contributed by atoms with van der Waals surface area (Å²) in [5.41, 5.74) is 0.586. The summed E-state index contributed by atoms with van der Waals surface area (Å²) in [6.07, 6.45) is -0.772. The molecule has 2 aliphatic heterocycles. The second kappa shape index (κ2) is 10.6. The maximum atomic E-state index is 13.3. The van der Waals surface area contributed by atoms with Crippen molar-refractivity contribution in [1.29, 1.82) is 0 Å². The van der Waals surface area contributed by atoms with Gasteiger partial charge in [0.2, 0.25) is 0 Å². The van der Waals surface area contributed by atoms with Crippen LogP contribution in [0.2, 0.25) is 0 Å². The molecule has 34 heavy (non-hydrogen) atoms. The molecule has 0 spiro atoms. The number of rotatable bonds is 8. The first kappa shape index (κ1) is 27.5. The molecule has 15 nitrogen and oxygen atoms in total. The smallest absolute Gasteiger partial charge is 0.544 e. The van der Waals surface area contributed by atoms with Crippen molar-refractivity contribution in [2.24, 2.45) is 5.16 Å². The van der Waals surface area contributed by atoms with Crippen LogP contribution >= 0.6 is 11.3 Å². The Hall–Kier alpha value is -2.79. The molecular weight excluding hydrogens is 489 g/mol. The Morgan fingerprint density at radius 3 is 2.62 bits per heavy atom. The molecule has 178 valence electrons. The Kier molecular flexibility index (Phi) is 8.59. The van der Waals surface area contributed by atoms with E-state index in [0.717, 1.165) is 18.3 Å². The van der Waals surface area contributed by atoms with E-state index in [1.54, 1.807) is 0 Å². The van der Waals surface area contributed by atoms with Gasteiger partial charge in [-0.15, -0.1) is 11.3 Å². The van der Waals surface area contributed by atoms with Gasteiger partial charge in [-0.3, -0.25) is 24.0 Å². The number of hydrogen-bond donors (Lipinski definition) is 2. The van der Waals surface area contributed by atoms with Crippen LogP contribution in [0.5, 0.6) is 0 Å². The number of nitrogens with two attached hydrogens (primary N) is 1. The Morgan fingerprint density at radius 2 is 2.12 bits per heavy atom. The summed E-state index contributed by atoms with van der Waals surface area (Å²) in [6.45, 7) is -0.346. The van der Waals surface area contributed by atoms with Crippen LogP contribution in [0.15, 0.2) is 10.5 Å². The number of aliphatic carboxylic acids is 1. The number of nitrogens with one attached hydrogen (secondary N) is 1. The van der Waals surface area contributed by atoms with Crippen LogP contribution in [0.3, 0.4) is 0 Å². The summed E-state index contributed by atoms with van der Waals surface area (Å²) in [4.78, 5) is 75.0. The molecule has 1 aromatic heterocycles. The largest absolute Gasteiger partial charge is 1.00 e. The van der Waals surface area contributed by atoms with Crippen molar-refractivity contribution >= 4 is 51.9 Å². The molecule has 1 aromatic rings. The van der Waals surface area contributed by atoms with Crippen molar-refractivity contribution < 1.29 is 77.8 Å². The monoisotopic (exact) mass is 507 g/mol. The van der Waals surface area contributed by atoms with Gasteiger partial charge in [0.25, 0.3) is 17.5 Å². The first-order valence-electron chi connectivity index (χ1n) is 9.24. The molecule has 2 fully saturated rings. The van der Waals surface area contributed by atoms with E-state index in [1.807, 2.05) is 0 Å². The number of carboxylic acid groups (broad SMARTS) is 1. The third-order valence-corrected chi connectivity index (χ3v) is 5.34. The number of carboxylic acids is 1. The Morgan fingerprint density at radius 1 is 1.41 bits per heavy atom. The topological polar surface area (TPSA) is 212 Å². The zero-order valence-corrected chi connectivity index (χ0v) is 21.1. The van der Waals surface area contributed by atoms with Gasteiger partial charge in [0.05, 0.1) is 6.42 Å². The average Bonchev–Trinajstić information content (AvgIpc) is 3.43. The number of amides is 2. The summed E-state index contributed by atoms with van der Waals surface area (Å²) in [7, 11) is 1.17. The van der Waals surface area contributed by atoms with Gasteiger partial charge in [-0.2, -0.15) is 5.06 Å². The van der Waals surface area contributed by atoms with Crippen LogP contribution < -0.4 is 45.7 Å². The SMILES string of the molecule is CO/N=C(\C(=O)NC1(COC(C)=O)CON(C2(C(=O)[O-])CCC(=O)O2)C1=O)c1csc(N)n1.[Na+]. The van der Waals surface area contributed by atoms with Gasteiger partial charge in [-0.1, -0.05) is 5.16 Å². The summed E-state index contributed by atoms with van der Waals surface area (Å²) in [5.74, 6) is -5.76. The van der Waals surface area contributed by atoms with Crippen molar-refractivity contribution in [3.63, 3.8) is 0 Å². The number of aromatic nitrogens is 1. The first-order valence-corrected chi connectivity index (χ1v) is 10.1. The molecule has 2 saturated heterocycles. The number of carbonyl (C=O) groups excluding carboxylic acids is 5. The number of nitrogens with zero attached hydrogens (tertiary/aromatic N) is 3. The predicted molar refractivity (Wildman–Crippen MR) is 103 cm³/mol. The van der Waals surface area contributed by atoms with E-state index in [9.17, 15) is 29.1 Å². The fraction of sp³-hybridized carbons (Fsp3) is 0.471. The molecule has 3 N–H and O–H groups in total. The number of oxime groups is 1. The van der Waals surface area contributed by atoms with Crippen LogP contribution in [0, 0.1) is 0 Å². The number of thiazole rings is 1. The molecule has 3 rings (SSSR count). The summed E-state index contributed by atoms with van der Waals surface area (Å²) in [5, 5.41) is 19.6. The van der Waals surface area contributed by atoms with E-state index in [1.165, 1.54) is 12.5 Å². The maximum Gasteiger partial charge on any atom is 1.00 e. The van der Waals surface area contributed by atoms with Crippen LogP contribution in [0.1, 0.15) is 25.5 Å². The number of ether oxygens (including phenoxy) is 2. The minimum absolute atomic E-state index is 0. The van der Waals surface area contributed by atoms with Crippen LogP contribution in [-0.4, -0.2) is 77.1 Å². The van der Waals surface area contributed by atoms with Crippen LogP contribution in [0.4, 0.5) is 5.13 Å². The molecule has 2 atom stereocenters. The zero-order chi connectivity index (χ0) is 24.4. The van der Waals surface area contributed by atoms with Crippen molar-refractivity contribution in [3.05, 3.63) is 11.1 Å². The van der Waals surface area contributed by atoms with Gasteiger partial charge >= 0.3 is 41.5 Å². The summed E-state index contributed by atoms with van der Waals surface area (Å²) < 4.78 is 9.76. The van der Waals surface area contributed by atoms with Crippen molar-refractivity contribution in [2.75, 3.05) is 26.1 Å². The van der Waals surface area contributed by atoms with E-state index in [4.69, 9.17) is 20.0 Å². The molecule has 0 aliphatic carbocycles. The van der Waals surface area contributed by atoms with E-state index in [2.05, 4.69) is 20.3 Å². The van der Waals surface area contributed by atoms with Crippen molar-refractivity contribution in [3.8, 4) is 0 Å². The van der Waals surface area contributed by atoms with E-state index in [0.29, 0.717) is 5.06 Å². The molecule has 0 saturated carbocycles. The summed E-state index contributed by atoms with van der Waals surface area (Å²) >= 11 is 1.01. The number of carbonyl (C=O) groups is 5. The molecular formula is C17H18N5NaO10S. The number of hydroxylamine groups is 2. The third-order valence-electron chi connectivity index (χ3n) is 4.67. The fourth-order valence-corrected chi connectivity index (χ4v) is 3.66. The van der Waals surface area contributed by atoms with Gasteiger partial charge < -0.3 is 35.3 Å². The molecule has 0 radical (unpaired) electrons. The Balaban J connectivity index is 0.00000408. The minimum Gasteiger partial charge on any atom is -0.544 e. The molecule has 2 unspecified atom stereocenters. The maximum absolute atomic E-state index is 13.3. The summed E-state index contributed by atoms with van der Waals surface area (Å²) in [6, 6.07) is 0. The molecule has 2 aliphatic rings. The third kappa shape index (κ3) is 5.15. The second-order valence-electron chi connectivity index (χ2n) is 6.93. The van der Waals surface area contributed by atoms with Crippen molar-refractivity contribution in [1.82, 2.24) is 15.4 Å². The van der Waals surface area contributed by atoms with Gasteiger partial charge in [0.15, 0.2) is 16.4 Å². The number of nitrogen functional groups attached to an aromatic ring is 1. The van der Waals surface area contributed by atoms with E-state index in [-0.39, 0.29) is 52.5 Å². The normalized spacial score (nSPS) is 24.3. The molecule has 3 heterocycles. The number of hydrogen-bond acceptors (Lipinski definition) is 14. The first-order chi connectivity index (χ1) is 15.5. The molecule has 0 bridgehead atoms. The number of esters is 2. The average molecular weight is 507 g/mol. The second-order valence-corrected chi connectivity index (χ2v) is 7.82. The van der Waals surface area contributed by atoms with Gasteiger partial charge in [-0.25, -0.2) is 4.98 Å².